The van der Waals surface area contributed by atoms with Crippen LogP contribution in [0, 0.1) is 0 Å². The average Bonchev–Trinajstić information content (AvgIpc) is 2.50. The van der Waals surface area contributed by atoms with Crippen molar-refractivity contribution in [2.75, 3.05) is 6.54 Å². The third-order valence-corrected chi connectivity index (χ3v) is 3.38. The van der Waals surface area contributed by atoms with Crippen LogP contribution in [0.2, 0.25) is 0 Å². The van der Waals surface area contributed by atoms with Crippen molar-refractivity contribution >= 4 is 11.3 Å². The van der Waals surface area contributed by atoms with E-state index in [1.807, 2.05) is 6.92 Å². The first kappa shape index (κ1) is 13.6. The van der Waals surface area contributed by atoms with Gasteiger partial charge in [-0.05, 0) is 19.9 Å². The summed E-state index contributed by atoms with van der Waals surface area (Å²) in [5.41, 5.74) is 5.90. The molecule has 1 heterocycles. The van der Waals surface area contributed by atoms with Gasteiger partial charge in [-0.15, -0.1) is 11.3 Å². The summed E-state index contributed by atoms with van der Waals surface area (Å²) < 4.78 is 0. The van der Waals surface area contributed by atoms with Gasteiger partial charge in [0.05, 0.1) is 16.3 Å². The van der Waals surface area contributed by atoms with E-state index in [1.165, 1.54) is 0 Å². The monoisotopic (exact) mass is 242 g/mol. The second-order valence-corrected chi connectivity index (χ2v) is 6.53. The van der Waals surface area contributed by atoms with Crippen LogP contribution in [-0.2, 0) is 11.8 Å². The van der Waals surface area contributed by atoms with Gasteiger partial charge in [0.2, 0.25) is 0 Å². The number of hydrogen-bond donors (Lipinski definition) is 2. The summed E-state index contributed by atoms with van der Waals surface area (Å²) in [6.45, 7) is 8.75. The molecular formula is C12H22N2OS. The Morgan fingerprint density at radius 3 is 2.44 bits per heavy atom. The molecular weight excluding hydrogens is 220 g/mol. The molecule has 0 radical (unpaired) electrons. The number of nitrogens with two attached hydrogens (primary N) is 1. The highest BCUT2D eigenvalue weighted by molar-refractivity contribution is 7.09. The summed E-state index contributed by atoms with van der Waals surface area (Å²) in [4.78, 5) is 4.57. The van der Waals surface area contributed by atoms with Gasteiger partial charge in [0.15, 0.2) is 0 Å². The van der Waals surface area contributed by atoms with E-state index < -0.39 is 5.60 Å². The Morgan fingerprint density at radius 2 is 2.00 bits per heavy atom. The first-order valence-corrected chi connectivity index (χ1v) is 6.50. The molecule has 3 nitrogen and oxygen atoms in total. The Labute approximate surface area is 102 Å². The van der Waals surface area contributed by atoms with Crippen LogP contribution >= 0.6 is 11.3 Å². The third-order valence-electron chi connectivity index (χ3n) is 2.54. The quantitative estimate of drug-likeness (QED) is 0.850. The predicted octanol–water partition coefficient (Wildman–Crippen LogP) is 2.08. The van der Waals surface area contributed by atoms with E-state index >= 15 is 0 Å². The van der Waals surface area contributed by atoms with Crippen molar-refractivity contribution in [2.24, 2.45) is 5.73 Å². The van der Waals surface area contributed by atoms with Crippen molar-refractivity contribution in [3.63, 3.8) is 0 Å². The van der Waals surface area contributed by atoms with Crippen LogP contribution in [0.5, 0.6) is 0 Å². The predicted molar refractivity (Wildman–Crippen MR) is 68.8 cm³/mol. The second kappa shape index (κ2) is 4.82. The van der Waals surface area contributed by atoms with E-state index in [9.17, 15) is 5.11 Å². The molecule has 0 aliphatic carbocycles. The number of thiazole rings is 1. The van der Waals surface area contributed by atoms with Gasteiger partial charge in [0.1, 0.15) is 0 Å². The lowest BCUT2D eigenvalue weighted by Crippen LogP contribution is -2.30. The summed E-state index contributed by atoms with van der Waals surface area (Å²) in [7, 11) is 0. The van der Waals surface area contributed by atoms with Crippen molar-refractivity contribution < 1.29 is 5.11 Å². The molecule has 16 heavy (non-hydrogen) atoms. The van der Waals surface area contributed by atoms with Gasteiger partial charge in [-0.3, -0.25) is 0 Å². The lowest BCUT2D eigenvalue weighted by Gasteiger charge is -2.21. The molecule has 0 aromatic carbocycles. The first-order chi connectivity index (χ1) is 7.24. The van der Waals surface area contributed by atoms with Crippen molar-refractivity contribution in [2.45, 2.75) is 51.6 Å². The molecule has 0 saturated carbocycles. The van der Waals surface area contributed by atoms with Crippen molar-refractivity contribution in [3.8, 4) is 0 Å². The fourth-order valence-electron chi connectivity index (χ4n) is 1.46. The van der Waals surface area contributed by atoms with Crippen LogP contribution < -0.4 is 5.73 Å². The summed E-state index contributed by atoms with van der Waals surface area (Å²) in [5, 5.41) is 13.1. The highest BCUT2D eigenvalue weighted by Crippen LogP contribution is 2.26. The molecule has 92 valence electrons. The average molecular weight is 242 g/mol. The van der Waals surface area contributed by atoms with Gasteiger partial charge in [-0.1, -0.05) is 20.8 Å². The Morgan fingerprint density at radius 1 is 1.38 bits per heavy atom. The summed E-state index contributed by atoms with van der Waals surface area (Å²) in [6.07, 6.45) is 1.20. The van der Waals surface area contributed by atoms with Gasteiger partial charge in [0, 0.05) is 17.2 Å². The number of aliphatic hydroxyl groups is 1. The van der Waals surface area contributed by atoms with E-state index in [-0.39, 0.29) is 5.41 Å². The molecule has 1 rings (SSSR count). The molecule has 1 atom stereocenters. The summed E-state index contributed by atoms with van der Waals surface area (Å²) >= 11 is 1.62. The minimum atomic E-state index is -0.734. The maximum atomic E-state index is 10.1. The van der Waals surface area contributed by atoms with Crippen molar-refractivity contribution in [3.05, 3.63) is 16.1 Å². The Kier molecular flexibility index (Phi) is 4.10. The molecule has 4 heteroatoms. The number of rotatable bonds is 4. The standard InChI is InChI=1S/C12H22N2OS/c1-11(2,3)9-8-16-10(14-9)7-12(4,15)5-6-13/h8,15H,5-7,13H2,1-4H3. The van der Waals surface area contributed by atoms with Crippen molar-refractivity contribution in [1.29, 1.82) is 0 Å². The summed E-state index contributed by atoms with van der Waals surface area (Å²) in [6, 6.07) is 0. The van der Waals surface area contributed by atoms with Crippen LogP contribution in [0.1, 0.15) is 44.8 Å². The lowest BCUT2D eigenvalue weighted by molar-refractivity contribution is 0.0538. The molecule has 0 aliphatic heterocycles. The fourth-order valence-corrected chi connectivity index (χ4v) is 2.66. The molecule has 0 spiro atoms. The highest BCUT2D eigenvalue weighted by Gasteiger charge is 2.23. The minimum absolute atomic E-state index is 0.0779. The molecule has 0 bridgehead atoms. The Bertz CT molecular complexity index is 339. The summed E-state index contributed by atoms with van der Waals surface area (Å²) in [5.74, 6) is 0. The molecule has 0 aliphatic rings. The van der Waals surface area contributed by atoms with Gasteiger partial charge >= 0.3 is 0 Å². The largest absolute Gasteiger partial charge is 0.390 e. The zero-order chi connectivity index (χ0) is 12.4. The SMILES string of the molecule is CC(O)(CCN)Cc1nc(C(C)(C)C)cs1. The fraction of sp³-hybridized carbons (Fsp3) is 0.750. The van der Waals surface area contributed by atoms with Crippen molar-refractivity contribution in [1.82, 2.24) is 4.98 Å². The zero-order valence-corrected chi connectivity index (χ0v) is 11.4. The minimum Gasteiger partial charge on any atom is -0.390 e. The van der Waals surface area contributed by atoms with E-state index in [0.717, 1.165) is 10.7 Å². The molecule has 1 aromatic heterocycles. The van der Waals surface area contributed by atoms with Gasteiger partial charge in [0.25, 0.3) is 0 Å². The smallest absolute Gasteiger partial charge is 0.0957 e. The molecule has 1 unspecified atom stereocenters. The normalized spacial score (nSPS) is 16.1. The van der Waals surface area contributed by atoms with Crippen LogP contribution in [-0.4, -0.2) is 22.2 Å². The zero-order valence-electron chi connectivity index (χ0n) is 10.6. The van der Waals surface area contributed by atoms with Gasteiger partial charge < -0.3 is 10.8 Å². The van der Waals surface area contributed by atoms with Crippen LogP contribution in [0.4, 0.5) is 0 Å². The first-order valence-electron chi connectivity index (χ1n) is 5.62. The van der Waals surface area contributed by atoms with E-state index in [4.69, 9.17) is 5.73 Å². The van der Waals surface area contributed by atoms with Crippen LogP contribution in [0.3, 0.4) is 0 Å². The molecule has 1 aromatic rings. The number of nitrogens with zero attached hydrogens (tertiary/aromatic N) is 1. The van der Waals surface area contributed by atoms with Crippen LogP contribution in [0.25, 0.3) is 0 Å². The second-order valence-electron chi connectivity index (χ2n) is 5.59. The maximum absolute atomic E-state index is 10.1. The lowest BCUT2D eigenvalue weighted by atomic mass is 9.93. The molecule has 0 fully saturated rings. The maximum Gasteiger partial charge on any atom is 0.0957 e. The highest BCUT2D eigenvalue weighted by atomic mass is 32.1. The Balaban J connectivity index is 2.73. The number of hydrogen-bond acceptors (Lipinski definition) is 4. The molecule has 0 amide bonds. The van der Waals surface area contributed by atoms with Gasteiger partial charge in [-0.25, -0.2) is 4.98 Å². The number of aromatic nitrogens is 1. The molecule has 0 saturated heterocycles. The van der Waals surface area contributed by atoms with Gasteiger partial charge in [-0.2, -0.15) is 0 Å². The topological polar surface area (TPSA) is 59.1 Å². The Hall–Kier alpha value is -0.450. The molecule has 3 N–H and O–H groups in total. The third kappa shape index (κ3) is 3.85. The van der Waals surface area contributed by atoms with E-state index in [0.29, 0.717) is 19.4 Å². The van der Waals surface area contributed by atoms with E-state index in [1.54, 1.807) is 11.3 Å². The van der Waals surface area contributed by atoms with E-state index in [2.05, 4.69) is 31.1 Å². The van der Waals surface area contributed by atoms with Crippen LogP contribution in [0.15, 0.2) is 5.38 Å².